The molecule has 0 bridgehead atoms. The van der Waals surface area contributed by atoms with Crippen LogP contribution in [0.2, 0.25) is 0 Å². The zero-order valence-electron chi connectivity index (χ0n) is 15.9. The van der Waals surface area contributed by atoms with Crippen molar-refractivity contribution in [2.75, 3.05) is 18.5 Å². The van der Waals surface area contributed by atoms with Crippen LogP contribution in [0.1, 0.15) is 46.1 Å². The second-order valence-electron chi connectivity index (χ2n) is 6.67. The maximum atomic E-state index is 12.3. The Bertz CT molecular complexity index is 875. The first-order valence-electron chi connectivity index (χ1n) is 9.49. The van der Waals surface area contributed by atoms with E-state index in [4.69, 9.17) is 4.74 Å². The van der Waals surface area contributed by atoms with Crippen molar-refractivity contribution < 1.29 is 19.1 Å². The summed E-state index contributed by atoms with van der Waals surface area (Å²) in [5.41, 5.74) is 3.39. The summed E-state index contributed by atoms with van der Waals surface area (Å²) in [6, 6.07) is 7.52. The number of benzene rings is 1. The van der Waals surface area contributed by atoms with Gasteiger partial charge in [-0.3, -0.25) is 9.59 Å². The maximum Gasteiger partial charge on any atom is 0.339 e. The lowest BCUT2D eigenvalue weighted by molar-refractivity contribution is -0.126. The predicted octanol–water partition coefficient (Wildman–Crippen LogP) is 3.10. The second kappa shape index (κ2) is 9.50. The molecule has 2 aromatic rings. The van der Waals surface area contributed by atoms with Gasteiger partial charge in [0.25, 0.3) is 5.91 Å². The number of ether oxygens (including phenoxy) is 1. The molecule has 2 amide bonds. The van der Waals surface area contributed by atoms with Crippen LogP contribution in [-0.4, -0.2) is 30.9 Å². The highest BCUT2D eigenvalue weighted by atomic mass is 32.1. The van der Waals surface area contributed by atoms with Crippen LogP contribution in [0.25, 0.3) is 0 Å². The van der Waals surface area contributed by atoms with E-state index < -0.39 is 18.5 Å². The zero-order valence-corrected chi connectivity index (χ0v) is 16.7. The van der Waals surface area contributed by atoms with E-state index in [1.165, 1.54) is 4.88 Å². The molecule has 148 valence electrons. The van der Waals surface area contributed by atoms with Crippen LogP contribution < -0.4 is 10.6 Å². The molecule has 0 fully saturated rings. The van der Waals surface area contributed by atoms with Gasteiger partial charge in [0.15, 0.2) is 6.61 Å². The number of hydrogen-bond acceptors (Lipinski definition) is 5. The number of nitrogens with one attached hydrogen (secondary N) is 2. The van der Waals surface area contributed by atoms with Gasteiger partial charge < -0.3 is 15.4 Å². The van der Waals surface area contributed by atoms with Crippen molar-refractivity contribution in [2.45, 2.75) is 39.0 Å². The Hall–Kier alpha value is -2.67. The van der Waals surface area contributed by atoms with Gasteiger partial charge in [0.2, 0.25) is 5.91 Å². The monoisotopic (exact) mass is 400 g/mol. The maximum absolute atomic E-state index is 12.3. The van der Waals surface area contributed by atoms with Crippen LogP contribution in [-0.2, 0) is 33.6 Å². The Kier molecular flexibility index (Phi) is 6.81. The third-order valence-electron chi connectivity index (χ3n) is 4.73. The molecule has 1 aliphatic carbocycles. The van der Waals surface area contributed by atoms with Crippen molar-refractivity contribution in [3.63, 3.8) is 0 Å². The molecule has 28 heavy (non-hydrogen) atoms. The average Bonchev–Trinajstić information content (AvgIpc) is 3.15. The summed E-state index contributed by atoms with van der Waals surface area (Å²) in [4.78, 5) is 37.5. The van der Waals surface area contributed by atoms with Crippen LogP contribution in [0.4, 0.5) is 5.69 Å². The summed E-state index contributed by atoms with van der Waals surface area (Å²) in [5.74, 6) is -1.31. The molecule has 1 aliphatic rings. The van der Waals surface area contributed by atoms with Gasteiger partial charge in [-0.1, -0.05) is 25.1 Å². The van der Waals surface area contributed by atoms with Gasteiger partial charge in [-0.2, -0.15) is 0 Å². The smallest absolute Gasteiger partial charge is 0.339 e. The van der Waals surface area contributed by atoms with E-state index in [-0.39, 0.29) is 12.5 Å². The van der Waals surface area contributed by atoms with Gasteiger partial charge in [-0.15, -0.1) is 11.3 Å². The fraction of sp³-hybridized carbons (Fsp3) is 0.381. The van der Waals surface area contributed by atoms with E-state index in [1.54, 1.807) is 11.3 Å². The van der Waals surface area contributed by atoms with Crippen LogP contribution in [0.15, 0.2) is 29.6 Å². The molecule has 0 saturated carbocycles. The Morgan fingerprint density at radius 1 is 1.11 bits per heavy atom. The number of carbonyl (C=O) groups excluding carboxylic acids is 3. The molecule has 0 radical (unpaired) electrons. The minimum Gasteiger partial charge on any atom is -0.452 e. The first kappa shape index (κ1) is 20.1. The second-order valence-corrected chi connectivity index (χ2v) is 7.63. The lowest BCUT2D eigenvalue weighted by Crippen LogP contribution is -2.35. The molecule has 6 nitrogen and oxygen atoms in total. The molecule has 2 N–H and O–H groups in total. The average molecular weight is 401 g/mol. The van der Waals surface area contributed by atoms with Gasteiger partial charge >= 0.3 is 5.97 Å². The number of para-hydroxylation sites is 1. The Balaban J connectivity index is 1.44. The first-order chi connectivity index (χ1) is 13.6. The highest BCUT2D eigenvalue weighted by molar-refractivity contribution is 7.10. The van der Waals surface area contributed by atoms with Gasteiger partial charge in [-0.25, -0.2) is 4.79 Å². The molecule has 7 heteroatoms. The van der Waals surface area contributed by atoms with Crippen molar-refractivity contribution in [2.24, 2.45) is 0 Å². The fourth-order valence-electron chi connectivity index (χ4n) is 3.25. The van der Waals surface area contributed by atoms with E-state index in [2.05, 4.69) is 10.6 Å². The summed E-state index contributed by atoms with van der Waals surface area (Å²) in [5, 5.41) is 7.07. The van der Waals surface area contributed by atoms with E-state index >= 15 is 0 Å². The highest BCUT2D eigenvalue weighted by Crippen LogP contribution is 2.30. The number of anilines is 1. The van der Waals surface area contributed by atoms with E-state index in [9.17, 15) is 14.4 Å². The van der Waals surface area contributed by atoms with Crippen molar-refractivity contribution in [1.82, 2.24) is 5.32 Å². The summed E-state index contributed by atoms with van der Waals surface area (Å²) < 4.78 is 5.13. The highest BCUT2D eigenvalue weighted by Gasteiger charge is 2.21. The Morgan fingerprint density at radius 2 is 1.89 bits per heavy atom. The van der Waals surface area contributed by atoms with Crippen LogP contribution in [0, 0.1) is 0 Å². The van der Waals surface area contributed by atoms with Crippen molar-refractivity contribution in [3.8, 4) is 0 Å². The van der Waals surface area contributed by atoms with E-state index in [0.29, 0.717) is 5.56 Å². The molecule has 1 aromatic carbocycles. The number of aryl methyl sites for hydroxylation is 2. The molecule has 0 atom stereocenters. The van der Waals surface area contributed by atoms with E-state index in [0.717, 1.165) is 48.9 Å². The van der Waals surface area contributed by atoms with Gasteiger partial charge in [0, 0.05) is 15.9 Å². The standard InChI is InChI=1S/C21H24N2O4S/c1-2-14-7-3-5-9-17(14)23-19(24)11-22-20(25)12-27-21(26)16-13-28-18-10-6-4-8-15(16)18/h3,5,7,9,13H,2,4,6,8,10-12H2,1H3,(H,22,25)(H,23,24). The molecule has 0 saturated heterocycles. The molecule has 0 unspecified atom stereocenters. The first-order valence-corrected chi connectivity index (χ1v) is 10.4. The quantitative estimate of drug-likeness (QED) is 0.700. The molecule has 3 rings (SSSR count). The number of rotatable bonds is 7. The van der Waals surface area contributed by atoms with Crippen molar-refractivity contribution in [3.05, 3.63) is 51.2 Å². The third-order valence-corrected chi connectivity index (χ3v) is 5.82. The van der Waals surface area contributed by atoms with Crippen LogP contribution in [0.3, 0.4) is 0 Å². The minimum atomic E-state index is -0.503. The molecule has 1 aromatic heterocycles. The Labute approximate surface area is 168 Å². The number of carbonyl (C=O) groups is 3. The topological polar surface area (TPSA) is 84.5 Å². The normalized spacial score (nSPS) is 12.8. The lowest BCUT2D eigenvalue weighted by Gasteiger charge is -2.12. The van der Waals surface area contributed by atoms with Crippen LogP contribution >= 0.6 is 11.3 Å². The fourth-order valence-corrected chi connectivity index (χ4v) is 4.36. The molecule has 0 spiro atoms. The summed E-state index contributed by atoms with van der Waals surface area (Å²) >= 11 is 1.58. The lowest BCUT2D eigenvalue weighted by atomic mass is 9.96. The number of amides is 2. The van der Waals surface area contributed by atoms with Crippen molar-refractivity contribution in [1.29, 1.82) is 0 Å². The molecular weight excluding hydrogens is 376 g/mol. The predicted molar refractivity (Wildman–Crippen MR) is 109 cm³/mol. The largest absolute Gasteiger partial charge is 0.452 e. The SMILES string of the molecule is CCc1ccccc1NC(=O)CNC(=O)COC(=O)c1csc2c1CCCC2. The molecule has 0 aliphatic heterocycles. The summed E-state index contributed by atoms with van der Waals surface area (Å²) in [7, 11) is 0. The zero-order chi connectivity index (χ0) is 19.9. The van der Waals surface area contributed by atoms with Gasteiger partial charge in [0.05, 0.1) is 12.1 Å². The van der Waals surface area contributed by atoms with Crippen molar-refractivity contribution >= 4 is 34.8 Å². The van der Waals surface area contributed by atoms with Gasteiger partial charge in [0.1, 0.15) is 0 Å². The van der Waals surface area contributed by atoms with Crippen LogP contribution in [0.5, 0.6) is 0 Å². The molecule has 1 heterocycles. The number of hydrogen-bond donors (Lipinski definition) is 2. The summed E-state index contributed by atoms with van der Waals surface area (Å²) in [6.45, 7) is 1.43. The minimum absolute atomic E-state index is 0.178. The Morgan fingerprint density at radius 3 is 2.71 bits per heavy atom. The van der Waals surface area contributed by atoms with E-state index in [1.807, 2.05) is 36.6 Å². The van der Waals surface area contributed by atoms with Gasteiger partial charge in [-0.05, 0) is 49.3 Å². The number of thiophene rings is 1. The number of esters is 1. The molecular formula is C21H24N2O4S. The third kappa shape index (κ3) is 4.98. The number of fused-ring (bicyclic) bond motifs is 1. The summed E-state index contributed by atoms with van der Waals surface area (Å²) in [6.07, 6.45) is 4.90.